The van der Waals surface area contributed by atoms with Gasteiger partial charge in [0.25, 0.3) is 0 Å². The van der Waals surface area contributed by atoms with Crippen LogP contribution in [0.25, 0.3) is 0 Å². The SMILES string of the molecule is C[C@H]1CCCCN1c1cc(N2CCCCCC2)nc(NC(=S)NCC2(c3ccc(F)cc3)CCCC2)n1. The zero-order valence-electron chi connectivity index (χ0n) is 22.1. The predicted octanol–water partition coefficient (Wildman–Crippen LogP) is 6.17. The number of aromatic nitrogens is 2. The van der Waals surface area contributed by atoms with Gasteiger partial charge in [0.05, 0.1) is 0 Å². The highest BCUT2D eigenvalue weighted by Gasteiger charge is 2.35. The number of halogens is 1. The molecule has 0 radical (unpaired) electrons. The van der Waals surface area contributed by atoms with Crippen molar-refractivity contribution in [2.24, 2.45) is 0 Å². The molecule has 1 aliphatic carbocycles. The van der Waals surface area contributed by atoms with Crippen LogP contribution < -0.4 is 20.4 Å². The average Bonchev–Trinajstić information content (AvgIpc) is 3.22. The Balaban J connectivity index is 1.33. The lowest BCUT2D eigenvalue weighted by Crippen LogP contribution is -2.41. The first-order valence-electron chi connectivity index (χ1n) is 14.2. The van der Waals surface area contributed by atoms with Gasteiger partial charge in [0.15, 0.2) is 5.11 Å². The molecule has 2 aromatic rings. The quantitative estimate of drug-likeness (QED) is 0.438. The summed E-state index contributed by atoms with van der Waals surface area (Å²) >= 11 is 5.75. The molecule has 2 saturated heterocycles. The van der Waals surface area contributed by atoms with Crippen LogP contribution in [-0.4, -0.2) is 47.3 Å². The van der Waals surface area contributed by atoms with Gasteiger partial charge in [0.2, 0.25) is 5.95 Å². The Morgan fingerprint density at radius 2 is 1.62 bits per heavy atom. The van der Waals surface area contributed by atoms with Crippen LogP contribution >= 0.6 is 12.2 Å². The maximum absolute atomic E-state index is 13.6. The van der Waals surface area contributed by atoms with E-state index in [2.05, 4.69) is 33.4 Å². The molecule has 3 heterocycles. The van der Waals surface area contributed by atoms with E-state index in [0.29, 0.717) is 23.6 Å². The minimum absolute atomic E-state index is 0.0252. The normalized spacial score (nSPS) is 21.9. The summed E-state index contributed by atoms with van der Waals surface area (Å²) in [4.78, 5) is 14.7. The van der Waals surface area contributed by atoms with Crippen LogP contribution in [0.5, 0.6) is 0 Å². The zero-order valence-corrected chi connectivity index (χ0v) is 23.0. The van der Waals surface area contributed by atoms with Crippen LogP contribution in [0.2, 0.25) is 0 Å². The van der Waals surface area contributed by atoms with Crippen molar-refractivity contribution in [3.63, 3.8) is 0 Å². The highest BCUT2D eigenvalue weighted by molar-refractivity contribution is 7.80. The molecule has 6 nitrogen and oxygen atoms in total. The molecule has 0 amide bonds. The van der Waals surface area contributed by atoms with Crippen LogP contribution in [-0.2, 0) is 5.41 Å². The number of anilines is 3. The van der Waals surface area contributed by atoms with Gasteiger partial charge in [0, 0.05) is 43.7 Å². The molecule has 0 bridgehead atoms. The van der Waals surface area contributed by atoms with Gasteiger partial charge in [-0.25, -0.2) is 4.39 Å². The van der Waals surface area contributed by atoms with Crippen LogP contribution in [0, 0.1) is 5.82 Å². The van der Waals surface area contributed by atoms with Crippen molar-refractivity contribution in [1.82, 2.24) is 15.3 Å². The topological polar surface area (TPSA) is 56.3 Å². The summed E-state index contributed by atoms with van der Waals surface area (Å²) in [5, 5.41) is 7.32. The number of hydrogen-bond donors (Lipinski definition) is 2. The predicted molar refractivity (Wildman–Crippen MR) is 154 cm³/mol. The van der Waals surface area contributed by atoms with E-state index in [1.54, 1.807) is 12.1 Å². The summed E-state index contributed by atoms with van der Waals surface area (Å²) < 4.78 is 13.6. The molecule has 200 valence electrons. The Labute approximate surface area is 226 Å². The van der Waals surface area contributed by atoms with Gasteiger partial charge in [0.1, 0.15) is 17.5 Å². The third-order valence-corrected chi connectivity index (χ3v) is 8.80. The van der Waals surface area contributed by atoms with Crippen LogP contribution in [0.15, 0.2) is 30.3 Å². The van der Waals surface area contributed by atoms with E-state index >= 15 is 0 Å². The molecule has 3 fully saturated rings. The first kappa shape index (κ1) is 26.1. The van der Waals surface area contributed by atoms with Crippen LogP contribution in [0.1, 0.15) is 83.1 Å². The monoisotopic (exact) mass is 524 g/mol. The van der Waals surface area contributed by atoms with Crippen molar-refractivity contribution in [3.8, 4) is 0 Å². The van der Waals surface area contributed by atoms with E-state index in [1.165, 1.54) is 63.4 Å². The third kappa shape index (κ3) is 6.33. The van der Waals surface area contributed by atoms with E-state index in [0.717, 1.165) is 44.1 Å². The molecule has 5 rings (SSSR count). The average molecular weight is 525 g/mol. The molecule has 1 aromatic heterocycles. The molecule has 2 aliphatic heterocycles. The van der Waals surface area contributed by atoms with Crippen molar-refractivity contribution >= 4 is 34.9 Å². The van der Waals surface area contributed by atoms with E-state index < -0.39 is 0 Å². The molecule has 1 saturated carbocycles. The number of piperidine rings is 1. The lowest BCUT2D eigenvalue weighted by atomic mass is 9.79. The molecule has 0 spiro atoms. The maximum Gasteiger partial charge on any atom is 0.232 e. The fourth-order valence-electron chi connectivity index (χ4n) is 6.34. The van der Waals surface area contributed by atoms with Gasteiger partial charge >= 0.3 is 0 Å². The summed E-state index contributed by atoms with van der Waals surface area (Å²) in [6.45, 7) is 6.11. The van der Waals surface area contributed by atoms with Crippen molar-refractivity contribution in [1.29, 1.82) is 0 Å². The largest absolute Gasteiger partial charge is 0.361 e. The molecule has 2 N–H and O–H groups in total. The van der Waals surface area contributed by atoms with Crippen molar-refractivity contribution < 1.29 is 4.39 Å². The molecule has 8 heteroatoms. The number of nitrogens with one attached hydrogen (secondary N) is 2. The van der Waals surface area contributed by atoms with Crippen molar-refractivity contribution in [2.45, 2.75) is 89.0 Å². The Bertz CT molecular complexity index is 1050. The van der Waals surface area contributed by atoms with Gasteiger partial charge in [-0.3, -0.25) is 0 Å². The number of rotatable bonds is 6. The Morgan fingerprint density at radius 1 is 0.946 bits per heavy atom. The first-order chi connectivity index (χ1) is 18.0. The lowest BCUT2D eigenvalue weighted by Gasteiger charge is -2.35. The maximum atomic E-state index is 13.6. The van der Waals surface area contributed by atoms with Crippen LogP contribution in [0.4, 0.5) is 22.0 Å². The first-order valence-corrected chi connectivity index (χ1v) is 14.6. The third-order valence-electron chi connectivity index (χ3n) is 8.56. The highest BCUT2D eigenvalue weighted by Crippen LogP contribution is 2.40. The van der Waals surface area contributed by atoms with E-state index in [9.17, 15) is 4.39 Å². The zero-order chi connectivity index (χ0) is 25.7. The second-order valence-corrected chi connectivity index (χ2v) is 11.6. The second-order valence-electron chi connectivity index (χ2n) is 11.1. The Morgan fingerprint density at radius 3 is 2.32 bits per heavy atom. The van der Waals surface area contributed by atoms with E-state index in [1.807, 2.05) is 12.1 Å². The van der Waals surface area contributed by atoms with Gasteiger partial charge < -0.3 is 20.4 Å². The summed E-state index contributed by atoms with van der Waals surface area (Å²) in [5.74, 6) is 2.36. The molecular weight excluding hydrogens is 483 g/mol. The van der Waals surface area contributed by atoms with E-state index in [4.69, 9.17) is 22.2 Å². The molecule has 0 unspecified atom stereocenters. The molecule has 1 atom stereocenters. The number of nitrogens with zero attached hydrogens (tertiary/aromatic N) is 4. The lowest BCUT2D eigenvalue weighted by molar-refractivity contribution is 0.434. The van der Waals surface area contributed by atoms with Gasteiger partial charge in [-0.15, -0.1) is 0 Å². The van der Waals surface area contributed by atoms with E-state index in [-0.39, 0.29) is 11.2 Å². The Kier molecular flexibility index (Phi) is 8.43. The molecule has 3 aliphatic rings. The van der Waals surface area contributed by atoms with Gasteiger partial charge in [-0.1, -0.05) is 37.8 Å². The minimum atomic E-state index is -0.192. The number of benzene rings is 1. The number of thiocarbonyl (C=S) groups is 1. The Hall–Kier alpha value is -2.48. The van der Waals surface area contributed by atoms with Gasteiger partial charge in [-0.05, 0) is 81.8 Å². The second kappa shape index (κ2) is 11.9. The smallest absolute Gasteiger partial charge is 0.232 e. The number of hydrogen-bond acceptors (Lipinski definition) is 5. The molecular formula is C29H41FN6S. The van der Waals surface area contributed by atoms with Gasteiger partial charge in [-0.2, -0.15) is 9.97 Å². The summed E-state index contributed by atoms with van der Waals surface area (Å²) in [6.07, 6.45) is 13.1. The highest BCUT2D eigenvalue weighted by atomic mass is 32.1. The summed E-state index contributed by atoms with van der Waals surface area (Å²) in [7, 11) is 0. The van der Waals surface area contributed by atoms with Crippen molar-refractivity contribution in [3.05, 3.63) is 41.7 Å². The fourth-order valence-corrected chi connectivity index (χ4v) is 6.51. The van der Waals surface area contributed by atoms with Crippen molar-refractivity contribution in [2.75, 3.05) is 41.3 Å². The van der Waals surface area contributed by atoms with Crippen LogP contribution in [0.3, 0.4) is 0 Å². The minimum Gasteiger partial charge on any atom is -0.361 e. The summed E-state index contributed by atoms with van der Waals surface area (Å²) in [5.41, 5.74) is 1.16. The molecule has 1 aromatic carbocycles. The fraction of sp³-hybridized carbons (Fsp3) is 0.621. The summed E-state index contributed by atoms with van der Waals surface area (Å²) in [6, 6.07) is 9.64. The molecule has 37 heavy (non-hydrogen) atoms. The standard InChI is InChI=1S/C29H41FN6S/c1-22-10-4-9-19-36(22)26-20-25(35-17-7-2-3-8-18-35)32-27(33-26)34-28(37)31-21-29(15-5-6-16-29)23-11-13-24(30)14-12-23/h11-14,20,22H,2-10,15-19,21H2,1H3,(H2,31,32,33,34,37)/t22-/m0/s1.